The van der Waals surface area contributed by atoms with Gasteiger partial charge < -0.3 is 10.1 Å². The molecule has 0 saturated heterocycles. The molecule has 0 aromatic heterocycles. The average molecular weight is 213 g/mol. The van der Waals surface area contributed by atoms with Gasteiger partial charge in [0, 0.05) is 11.3 Å². The fourth-order valence-electron chi connectivity index (χ4n) is 2.07. The summed E-state index contributed by atoms with van der Waals surface area (Å²) in [5.41, 5.74) is 1.95. The van der Waals surface area contributed by atoms with E-state index in [1.54, 1.807) is 19.9 Å². The van der Waals surface area contributed by atoms with Crippen LogP contribution in [0.2, 0.25) is 0 Å². The van der Waals surface area contributed by atoms with Crippen LogP contribution >= 0.6 is 0 Å². The summed E-state index contributed by atoms with van der Waals surface area (Å²) in [5, 5.41) is 2.75. The lowest BCUT2D eigenvalue weighted by atomic mass is 9.99. The lowest BCUT2D eigenvalue weighted by Gasteiger charge is -2.15. The first kappa shape index (κ1) is 10.2. The number of aryl methyl sites for hydroxylation is 1. The van der Waals surface area contributed by atoms with Crippen LogP contribution in [0, 0.1) is 13.8 Å². The Morgan fingerprint density at radius 2 is 2.07 bits per heavy atom. The summed E-state index contributed by atoms with van der Waals surface area (Å²) in [6.07, 6.45) is 0. The Labute approximate surface area is 87.2 Å². The van der Waals surface area contributed by atoms with Gasteiger partial charge >= 0.3 is 0 Å². The maximum absolute atomic E-state index is 13.6. The average Bonchev–Trinajstić information content (AvgIpc) is 2.48. The summed E-state index contributed by atoms with van der Waals surface area (Å²) in [6, 6.07) is 1.78. The predicted molar refractivity (Wildman–Crippen MR) is 54.9 cm³/mol. The lowest BCUT2D eigenvalue weighted by molar-refractivity contribution is 0.0177. The molecule has 1 aromatic carbocycles. The molecule has 0 aliphatic carbocycles. The molecule has 1 aliphatic rings. The Balaban J connectivity index is 2.71. The van der Waals surface area contributed by atoms with E-state index in [9.17, 15) is 8.78 Å². The number of anilines is 1. The molecule has 2 nitrogen and oxygen atoms in total. The zero-order chi connectivity index (χ0) is 11.2. The molecule has 4 heteroatoms. The van der Waals surface area contributed by atoms with Gasteiger partial charge in [-0.25, -0.2) is 0 Å². The van der Waals surface area contributed by atoms with Crippen molar-refractivity contribution in [3.8, 4) is 5.75 Å². The van der Waals surface area contributed by atoms with E-state index in [1.165, 1.54) is 7.11 Å². The minimum absolute atomic E-state index is 0.0827. The highest BCUT2D eigenvalue weighted by atomic mass is 19.3. The first-order valence-corrected chi connectivity index (χ1v) is 4.77. The summed E-state index contributed by atoms with van der Waals surface area (Å²) in [6.45, 7) is 3.14. The second kappa shape index (κ2) is 3.08. The van der Waals surface area contributed by atoms with Crippen molar-refractivity contribution in [2.75, 3.05) is 19.0 Å². The molecule has 0 spiro atoms. The van der Waals surface area contributed by atoms with Crippen molar-refractivity contribution in [2.24, 2.45) is 0 Å². The van der Waals surface area contributed by atoms with E-state index < -0.39 is 5.92 Å². The summed E-state index contributed by atoms with van der Waals surface area (Å²) < 4.78 is 32.2. The molecule has 15 heavy (non-hydrogen) atoms. The van der Waals surface area contributed by atoms with Crippen LogP contribution in [-0.2, 0) is 5.92 Å². The molecule has 1 aromatic rings. The Bertz CT molecular complexity index is 416. The van der Waals surface area contributed by atoms with Gasteiger partial charge in [-0.2, -0.15) is 8.78 Å². The molecule has 1 aliphatic heterocycles. The van der Waals surface area contributed by atoms with Crippen LogP contribution in [0.25, 0.3) is 0 Å². The first-order chi connectivity index (χ1) is 6.97. The molecule has 2 rings (SSSR count). The molecule has 0 radical (unpaired) electrons. The summed E-state index contributed by atoms with van der Waals surface area (Å²) in [5.74, 6) is -2.27. The Hall–Kier alpha value is -1.32. The van der Waals surface area contributed by atoms with E-state index in [0.717, 1.165) is 5.56 Å². The minimum Gasteiger partial charge on any atom is -0.496 e. The lowest BCUT2D eigenvalue weighted by Crippen LogP contribution is -2.16. The molecule has 1 N–H and O–H groups in total. The smallest absolute Gasteiger partial charge is 0.292 e. The fraction of sp³-hybridized carbons (Fsp3) is 0.455. The maximum atomic E-state index is 13.6. The minimum atomic E-state index is -2.79. The van der Waals surface area contributed by atoms with Crippen molar-refractivity contribution >= 4 is 5.69 Å². The number of hydrogen-bond donors (Lipinski definition) is 1. The van der Waals surface area contributed by atoms with Crippen molar-refractivity contribution in [3.05, 3.63) is 22.8 Å². The van der Waals surface area contributed by atoms with E-state index in [4.69, 9.17) is 4.74 Å². The molecule has 0 unspecified atom stereocenters. The molecule has 1 heterocycles. The second-order valence-electron chi connectivity index (χ2n) is 3.83. The Kier molecular flexibility index (Phi) is 2.10. The summed E-state index contributed by atoms with van der Waals surface area (Å²) >= 11 is 0. The van der Waals surface area contributed by atoms with Crippen LogP contribution in [0.5, 0.6) is 5.75 Å². The van der Waals surface area contributed by atoms with Crippen molar-refractivity contribution in [1.29, 1.82) is 0 Å². The number of methoxy groups -OCH3 is 1. The van der Waals surface area contributed by atoms with Crippen LogP contribution in [0.15, 0.2) is 6.07 Å². The zero-order valence-corrected chi connectivity index (χ0v) is 8.95. The molecular formula is C11H13F2NO. The molecule has 0 bridgehead atoms. The molecule has 0 saturated carbocycles. The highest BCUT2D eigenvalue weighted by molar-refractivity contribution is 5.68. The highest BCUT2D eigenvalue weighted by Crippen LogP contribution is 2.45. The predicted octanol–water partition coefficient (Wildman–Crippen LogP) is 2.83. The molecular weight excluding hydrogens is 200 g/mol. The van der Waals surface area contributed by atoms with Gasteiger partial charge in [-0.1, -0.05) is 0 Å². The van der Waals surface area contributed by atoms with Crippen LogP contribution in [0.4, 0.5) is 14.5 Å². The van der Waals surface area contributed by atoms with Crippen molar-refractivity contribution < 1.29 is 13.5 Å². The number of alkyl halides is 2. The van der Waals surface area contributed by atoms with E-state index >= 15 is 0 Å². The number of benzene rings is 1. The van der Waals surface area contributed by atoms with Crippen molar-refractivity contribution in [2.45, 2.75) is 19.8 Å². The first-order valence-electron chi connectivity index (χ1n) is 4.77. The van der Waals surface area contributed by atoms with Gasteiger partial charge in [-0.05, 0) is 25.5 Å². The standard InChI is InChI=1S/C11H13F2NO/c1-6-4-8(15-3)7(2)9-10(6)14-5-11(9,12)13/h4,14H,5H2,1-3H3. The van der Waals surface area contributed by atoms with Gasteiger partial charge in [-0.3, -0.25) is 0 Å². The van der Waals surface area contributed by atoms with Gasteiger partial charge in [0.05, 0.1) is 19.2 Å². The maximum Gasteiger partial charge on any atom is 0.292 e. The second-order valence-corrected chi connectivity index (χ2v) is 3.83. The fourth-order valence-corrected chi connectivity index (χ4v) is 2.07. The molecule has 0 atom stereocenters. The van der Waals surface area contributed by atoms with Gasteiger partial charge in [0.25, 0.3) is 5.92 Å². The highest BCUT2D eigenvalue weighted by Gasteiger charge is 2.42. The molecule has 82 valence electrons. The Morgan fingerprint density at radius 1 is 1.40 bits per heavy atom. The van der Waals surface area contributed by atoms with Gasteiger partial charge in [0.15, 0.2) is 0 Å². The topological polar surface area (TPSA) is 21.3 Å². The third-order valence-electron chi connectivity index (χ3n) is 2.81. The van der Waals surface area contributed by atoms with Crippen LogP contribution in [0.3, 0.4) is 0 Å². The largest absolute Gasteiger partial charge is 0.496 e. The van der Waals surface area contributed by atoms with Crippen LogP contribution in [-0.4, -0.2) is 13.7 Å². The van der Waals surface area contributed by atoms with Crippen LogP contribution in [0.1, 0.15) is 16.7 Å². The van der Waals surface area contributed by atoms with E-state index in [1.807, 2.05) is 0 Å². The number of nitrogens with one attached hydrogen (secondary N) is 1. The SMILES string of the molecule is COc1cc(C)c2c(c1C)C(F)(F)CN2. The summed E-state index contributed by atoms with van der Waals surface area (Å²) in [4.78, 5) is 0. The monoisotopic (exact) mass is 213 g/mol. The van der Waals surface area contributed by atoms with Gasteiger partial charge in [-0.15, -0.1) is 0 Å². The third-order valence-corrected chi connectivity index (χ3v) is 2.81. The van der Waals surface area contributed by atoms with Crippen LogP contribution < -0.4 is 10.1 Å². The van der Waals surface area contributed by atoms with Gasteiger partial charge in [0.2, 0.25) is 0 Å². The normalized spacial score (nSPS) is 17.1. The molecule has 0 amide bonds. The van der Waals surface area contributed by atoms with Gasteiger partial charge in [0.1, 0.15) is 5.75 Å². The summed E-state index contributed by atoms with van der Waals surface area (Å²) in [7, 11) is 1.49. The number of hydrogen-bond acceptors (Lipinski definition) is 2. The third kappa shape index (κ3) is 1.35. The van der Waals surface area contributed by atoms with E-state index in [0.29, 0.717) is 17.0 Å². The number of halogens is 2. The number of ether oxygens (including phenoxy) is 1. The van der Waals surface area contributed by atoms with E-state index in [2.05, 4.69) is 5.32 Å². The van der Waals surface area contributed by atoms with Crippen molar-refractivity contribution in [3.63, 3.8) is 0 Å². The number of fused-ring (bicyclic) bond motifs is 1. The quantitative estimate of drug-likeness (QED) is 0.774. The molecule has 0 fully saturated rings. The number of rotatable bonds is 1. The zero-order valence-electron chi connectivity index (χ0n) is 8.95. The Morgan fingerprint density at radius 3 is 2.67 bits per heavy atom. The van der Waals surface area contributed by atoms with E-state index in [-0.39, 0.29) is 12.1 Å². The van der Waals surface area contributed by atoms with Crippen molar-refractivity contribution in [1.82, 2.24) is 0 Å².